The summed E-state index contributed by atoms with van der Waals surface area (Å²) in [6.45, 7) is 6.47. The van der Waals surface area contributed by atoms with E-state index in [9.17, 15) is 18.0 Å². The number of amides is 1. The average molecular weight is 515 g/mol. The molecule has 0 aliphatic carbocycles. The first-order chi connectivity index (χ1) is 15.8. The van der Waals surface area contributed by atoms with Crippen LogP contribution in [0, 0.1) is 0 Å². The Morgan fingerprint density at radius 3 is 2.21 bits per heavy atom. The molecule has 2 aromatic carbocycles. The minimum atomic E-state index is -4.75. The van der Waals surface area contributed by atoms with Gasteiger partial charge in [-0.15, -0.1) is 0 Å². The molecular weight excluding hydrogens is 492 g/mol. The molecule has 2 aliphatic rings. The van der Waals surface area contributed by atoms with Gasteiger partial charge in [0.05, 0.1) is 5.71 Å². The van der Waals surface area contributed by atoms with E-state index in [1.165, 1.54) is 18.2 Å². The predicted molar refractivity (Wildman–Crippen MR) is 123 cm³/mol. The van der Waals surface area contributed by atoms with Crippen molar-refractivity contribution in [3.05, 3.63) is 69.2 Å². The highest BCUT2D eigenvalue weighted by atomic mass is 35.5. The van der Waals surface area contributed by atoms with Crippen LogP contribution in [0.5, 0.6) is 0 Å². The Bertz CT molecular complexity index is 1100. The van der Waals surface area contributed by atoms with Gasteiger partial charge in [0, 0.05) is 41.0 Å². The second kappa shape index (κ2) is 8.64. The lowest BCUT2D eigenvalue weighted by molar-refractivity contribution is -0.275. The number of hydrogen-bond acceptors (Lipinski definition) is 4. The van der Waals surface area contributed by atoms with E-state index in [2.05, 4.69) is 5.16 Å². The summed E-state index contributed by atoms with van der Waals surface area (Å²) in [4.78, 5) is 18.8. The molecule has 34 heavy (non-hydrogen) atoms. The van der Waals surface area contributed by atoms with Crippen molar-refractivity contribution in [2.24, 2.45) is 5.16 Å². The Hall–Kier alpha value is -2.45. The van der Waals surface area contributed by atoms with Gasteiger partial charge >= 0.3 is 12.3 Å². The summed E-state index contributed by atoms with van der Waals surface area (Å²) in [5, 5.41) is 3.94. The van der Waals surface area contributed by atoms with Crippen LogP contribution in [-0.4, -0.2) is 41.6 Å². The summed E-state index contributed by atoms with van der Waals surface area (Å²) in [7, 11) is 0. The van der Waals surface area contributed by atoms with Crippen molar-refractivity contribution in [3.63, 3.8) is 0 Å². The number of hydrogen-bond donors (Lipinski definition) is 0. The van der Waals surface area contributed by atoms with E-state index in [0.29, 0.717) is 18.7 Å². The van der Waals surface area contributed by atoms with E-state index in [1.54, 1.807) is 17.0 Å². The quantitative estimate of drug-likeness (QED) is 0.447. The number of halogens is 5. The van der Waals surface area contributed by atoms with Crippen molar-refractivity contribution >= 4 is 35.0 Å². The standard InChI is InChI=1S/C24H23Cl2F3N2O3/c1-22(2,3)33-21(32)31-12-16(13-31)14-4-6-15(7-5-14)20-11-23(34-30-20,24(27,28)29)17-8-18(25)10-19(26)9-17/h4-10,16H,11-13H2,1-3H3. The fraction of sp³-hybridized carbons (Fsp3) is 0.417. The van der Waals surface area contributed by atoms with Crippen molar-refractivity contribution in [1.82, 2.24) is 4.90 Å². The van der Waals surface area contributed by atoms with E-state index in [0.717, 1.165) is 5.56 Å². The summed E-state index contributed by atoms with van der Waals surface area (Å²) >= 11 is 11.9. The van der Waals surface area contributed by atoms with E-state index < -0.39 is 23.8 Å². The maximum atomic E-state index is 14.2. The molecule has 0 bridgehead atoms. The number of rotatable bonds is 3. The number of nitrogens with zero attached hydrogens (tertiary/aromatic N) is 2. The van der Waals surface area contributed by atoms with E-state index in [-0.39, 0.29) is 33.3 Å². The smallest absolute Gasteiger partial charge is 0.435 e. The summed E-state index contributed by atoms with van der Waals surface area (Å²) in [5.41, 5.74) is -1.76. The molecule has 10 heteroatoms. The third kappa shape index (κ3) is 4.84. The Balaban J connectivity index is 1.46. The van der Waals surface area contributed by atoms with Crippen LogP contribution in [-0.2, 0) is 15.2 Å². The van der Waals surface area contributed by atoms with E-state index >= 15 is 0 Å². The molecule has 1 saturated heterocycles. The van der Waals surface area contributed by atoms with Crippen molar-refractivity contribution in [2.45, 2.75) is 50.5 Å². The molecule has 0 aromatic heterocycles. The second-order valence-corrected chi connectivity index (χ2v) is 10.4. The Morgan fingerprint density at radius 1 is 1.09 bits per heavy atom. The van der Waals surface area contributed by atoms with Crippen LogP contribution >= 0.6 is 23.2 Å². The molecule has 1 fully saturated rings. The first-order valence-electron chi connectivity index (χ1n) is 10.6. The lowest BCUT2D eigenvalue weighted by Crippen LogP contribution is -2.50. The topological polar surface area (TPSA) is 51.1 Å². The Labute approximate surface area is 205 Å². The molecule has 2 aliphatic heterocycles. The monoisotopic (exact) mass is 514 g/mol. The number of alkyl halides is 3. The van der Waals surface area contributed by atoms with Gasteiger partial charge in [-0.25, -0.2) is 4.79 Å². The zero-order valence-electron chi connectivity index (χ0n) is 18.7. The lowest BCUT2D eigenvalue weighted by atomic mass is 9.85. The fourth-order valence-electron chi connectivity index (χ4n) is 3.96. The normalized spacial score (nSPS) is 21.1. The number of likely N-dealkylation sites (tertiary alicyclic amines) is 1. The highest BCUT2D eigenvalue weighted by Crippen LogP contribution is 2.49. The SMILES string of the molecule is CC(C)(C)OC(=O)N1CC(c2ccc(C3=NOC(c4cc(Cl)cc(Cl)c4)(C(F)(F)F)C3)cc2)C1. The highest BCUT2D eigenvalue weighted by molar-refractivity contribution is 6.34. The zero-order valence-corrected chi connectivity index (χ0v) is 20.3. The largest absolute Gasteiger partial charge is 0.444 e. The molecule has 2 aromatic rings. The fourth-order valence-corrected chi connectivity index (χ4v) is 4.48. The van der Waals surface area contributed by atoms with Crippen LogP contribution in [0.2, 0.25) is 10.0 Å². The molecule has 0 spiro atoms. The van der Waals surface area contributed by atoms with Crippen molar-refractivity contribution < 1.29 is 27.5 Å². The zero-order chi connectivity index (χ0) is 24.9. The molecule has 1 amide bonds. The molecule has 182 valence electrons. The van der Waals surface area contributed by atoms with Gasteiger partial charge in [-0.3, -0.25) is 0 Å². The van der Waals surface area contributed by atoms with Gasteiger partial charge < -0.3 is 14.5 Å². The van der Waals surface area contributed by atoms with Crippen molar-refractivity contribution in [2.75, 3.05) is 13.1 Å². The number of ether oxygens (including phenoxy) is 1. The van der Waals surface area contributed by atoms with Crippen LogP contribution in [0.1, 0.15) is 49.8 Å². The Morgan fingerprint density at radius 2 is 1.68 bits per heavy atom. The number of benzene rings is 2. The minimum Gasteiger partial charge on any atom is -0.444 e. The third-order valence-electron chi connectivity index (χ3n) is 5.76. The maximum absolute atomic E-state index is 14.2. The highest BCUT2D eigenvalue weighted by Gasteiger charge is 2.62. The molecule has 2 heterocycles. The van der Waals surface area contributed by atoms with Gasteiger partial charge in [0.2, 0.25) is 0 Å². The summed E-state index contributed by atoms with van der Waals surface area (Å²) < 4.78 is 47.8. The first-order valence-corrected chi connectivity index (χ1v) is 11.4. The molecule has 4 rings (SSSR count). The number of carbonyl (C=O) groups is 1. The van der Waals surface area contributed by atoms with Crippen LogP contribution in [0.15, 0.2) is 47.6 Å². The third-order valence-corrected chi connectivity index (χ3v) is 6.20. The average Bonchev–Trinajstić information content (AvgIpc) is 3.12. The van der Waals surface area contributed by atoms with Gasteiger partial charge in [-0.05, 0) is 50.1 Å². The second-order valence-electron chi connectivity index (χ2n) is 9.49. The van der Waals surface area contributed by atoms with Gasteiger partial charge in [0.15, 0.2) is 0 Å². The van der Waals surface area contributed by atoms with E-state index in [4.69, 9.17) is 32.8 Å². The lowest BCUT2D eigenvalue weighted by Gasteiger charge is -2.40. The molecule has 0 radical (unpaired) electrons. The molecular formula is C24H23Cl2F3N2O3. The Kier molecular flexibility index (Phi) is 6.27. The van der Waals surface area contributed by atoms with Crippen LogP contribution < -0.4 is 0 Å². The van der Waals surface area contributed by atoms with Crippen molar-refractivity contribution in [3.8, 4) is 0 Å². The van der Waals surface area contributed by atoms with Gasteiger partial charge in [-0.2, -0.15) is 13.2 Å². The molecule has 1 unspecified atom stereocenters. The maximum Gasteiger partial charge on any atom is 0.435 e. The number of carbonyl (C=O) groups excluding carboxylic acids is 1. The first kappa shape index (κ1) is 24.7. The van der Waals surface area contributed by atoms with Gasteiger partial charge in [0.25, 0.3) is 5.60 Å². The summed E-state index contributed by atoms with van der Waals surface area (Å²) in [6.07, 6.45) is -5.62. The van der Waals surface area contributed by atoms with Gasteiger partial charge in [-0.1, -0.05) is 52.6 Å². The van der Waals surface area contributed by atoms with Crippen molar-refractivity contribution in [1.29, 1.82) is 0 Å². The van der Waals surface area contributed by atoms with E-state index in [1.807, 2.05) is 32.9 Å². The summed E-state index contributed by atoms with van der Waals surface area (Å²) in [6, 6.07) is 10.8. The molecule has 0 N–H and O–H groups in total. The number of oxime groups is 1. The van der Waals surface area contributed by atoms with Crippen LogP contribution in [0.3, 0.4) is 0 Å². The minimum absolute atomic E-state index is 0.0773. The molecule has 5 nitrogen and oxygen atoms in total. The molecule has 0 saturated carbocycles. The summed E-state index contributed by atoms with van der Waals surface area (Å²) in [5.74, 6) is 0.131. The van der Waals surface area contributed by atoms with Crippen LogP contribution in [0.25, 0.3) is 0 Å². The van der Waals surface area contributed by atoms with Gasteiger partial charge in [0.1, 0.15) is 5.60 Å². The predicted octanol–water partition coefficient (Wildman–Crippen LogP) is 6.91. The molecule has 1 atom stereocenters. The van der Waals surface area contributed by atoms with Crippen LogP contribution in [0.4, 0.5) is 18.0 Å².